The number of aromatic nitrogens is 2. The van der Waals surface area contributed by atoms with Crippen molar-refractivity contribution in [2.45, 2.75) is 6.92 Å². The Morgan fingerprint density at radius 2 is 2.05 bits per heavy atom. The highest BCUT2D eigenvalue weighted by molar-refractivity contribution is 9.10. The molecule has 0 spiro atoms. The molecule has 0 saturated heterocycles. The van der Waals surface area contributed by atoms with Crippen molar-refractivity contribution >= 4 is 52.3 Å². The topological polar surface area (TPSA) is 37.8 Å². The molecule has 0 bridgehead atoms. The fraction of sp³-hybridized carbons (Fsp3) is 0.231. The van der Waals surface area contributed by atoms with E-state index < -0.39 is 0 Å². The van der Waals surface area contributed by atoms with Gasteiger partial charge in [0.25, 0.3) is 0 Å². The van der Waals surface area contributed by atoms with Crippen LogP contribution in [0.15, 0.2) is 28.9 Å². The number of rotatable bonds is 3. The van der Waals surface area contributed by atoms with Crippen molar-refractivity contribution in [3.05, 3.63) is 39.7 Å². The molecule has 1 N–H and O–H groups in total. The fourth-order valence-corrected chi connectivity index (χ4v) is 3.10. The molecule has 1 aromatic carbocycles. The lowest BCUT2D eigenvalue weighted by molar-refractivity contribution is 1.15. The first-order chi connectivity index (χ1) is 8.97. The molecule has 2 rings (SSSR count). The normalized spacial score (nSPS) is 10.8. The molecule has 0 saturated carbocycles. The minimum atomic E-state index is -0.196. The largest absolute Gasteiger partial charge is 0.339 e. The summed E-state index contributed by atoms with van der Waals surface area (Å²) < 4.78 is 0.792. The van der Waals surface area contributed by atoms with E-state index in [4.69, 9.17) is 11.6 Å². The molecule has 0 aliphatic rings. The van der Waals surface area contributed by atoms with Crippen LogP contribution in [0.25, 0.3) is 0 Å². The summed E-state index contributed by atoms with van der Waals surface area (Å²) in [6, 6.07) is 6.42. The van der Waals surface area contributed by atoms with Gasteiger partial charge in [-0.15, -0.1) is 0 Å². The number of hydrogen-bond acceptors (Lipinski definition) is 3. The molecule has 19 heavy (non-hydrogen) atoms. The zero-order valence-electron chi connectivity index (χ0n) is 10.9. The van der Waals surface area contributed by atoms with Crippen LogP contribution in [0.4, 0.5) is 11.5 Å². The van der Waals surface area contributed by atoms with Crippen molar-refractivity contribution in [2.75, 3.05) is 18.6 Å². The van der Waals surface area contributed by atoms with Gasteiger partial charge in [0.2, 0.25) is 5.28 Å². The summed E-state index contributed by atoms with van der Waals surface area (Å²) in [5, 5.41) is 4.88. The summed E-state index contributed by atoms with van der Waals surface area (Å²) in [4.78, 5) is 8.13. The number of benzene rings is 1. The average molecular weight is 359 g/mol. The number of anilines is 2. The summed E-state index contributed by atoms with van der Waals surface area (Å²) >= 11 is 9.26. The maximum atomic E-state index is 5.84. The van der Waals surface area contributed by atoms with Crippen LogP contribution in [0.5, 0.6) is 0 Å². The van der Waals surface area contributed by atoms with Crippen LogP contribution in [0.1, 0.15) is 5.56 Å². The molecule has 100 valence electrons. The Balaban J connectivity index is 2.42. The van der Waals surface area contributed by atoms with Crippen LogP contribution in [-0.2, 0) is 0 Å². The third-order valence-corrected chi connectivity index (χ3v) is 4.72. The van der Waals surface area contributed by atoms with E-state index >= 15 is 0 Å². The van der Waals surface area contributed by atoms with Gasteiger partial charge in [-0.05, 0) is 64.7 Å². The zero-order valence-corrected chi connectivity index (χ0v) is 14.1. The third kappa shape index (κ3) is 3.65. The van der Waals surface area contributed by atoms with Crippen LogP contribution in [0.3, 0.4) is 0 Å². The predicted octanol–water partition coefficient (Wildman–Crippen LogP) is 4.31. The molecule has 0 aliphatic carbocycles. The second-order valence-corrected chi connectivity index (χ2v) is 7.84. The molecule has 0 fully saturated rings. The van der Waals surface area contributed by atoms with Gasteiger partial charge in [0.15, 0.2) is 0 Å². The summed E-state index contributed by atoms with van der Waals surface area (Å²) in [6.07, 6.45) is 1.65. The van der Waals surface area contributed by atoms with Crippen LogP contribution in [0.2, 0.25) is 5.28 Å². The van der Waals surface area contributed by atoms with E-state index in [2.05, 4.69) is 69.7 Å². The first-order valence-corrected chi connectivity index (χ1v) is 9.11. The minimum Gasteiger partial charge on any atom is -0.339 e. The molecule has 0 aliphatic heterocycles. The Morgan fingerprint density at radius 3 is 2.74 bits per heavy atom. The fourth-order valence-electron chi connectivity index (χ4n) is 1.70. The molecular weight excluding hydrogens is 344 g/mol. The van der Waals surface area contributed by atoms with Gasteiger partial charge in [-0.1, -0.05) is 20.1 Å². The summed E-state index contributed by atoms with van der Waals surface area (Å²) in [6.45, 7) is 6.53. The van der Waals surface area contributed by atoms with Crippen molar-refractivity contribution in [3.63, 3.8) is 0 Å². The summed E-state index contributed by atoms with van der Waals surface area (Å²) in [5.41, 5.74) is 2.28. The van der Waals surface area contributed by atoms with Crippen molar-refractivity contribution in [1.82, 2.24) is 9.97 Å². The van der Waals surface area contributed by atoms with E-state index in [9.17, 15) is 0 Å². The summed E-state index contributed by atoms with van der Waals surface area (Å²) in [7, 11) is -0.196. The lowest BCUT2D eigenvalue weighted by Crippen LogP contribution is -2.09. The zero-order chi connectivity index (χ0) is 14.0. The van der Waals surface area contributed by atoms with E-state index in [0.29, 0.717) is 5.82 Å². The molecule has 0 amide bonds. The molecule has 0 atom stereocenters. The highest BCUT2D eigenvalue weighted by Crippen LogP contribution is 2.31. The van der Waals surface area contributed by atoms with Crippen LogP contribution >= 0.6 is 35.5 Å². The van der Waals surface area contributed by atoms with Crippen LogP contribution in [-0.4, -0.2) is 23.3 Å². The highest BCUT2D eigenvalue weighted by Gasteiger charge is 2.10. The van der Waals surface area contributed by atoms with Gasteiger partial charge < -0.3 is 5.32 Å². The van der Waals surface area contributed by atoms with Crippen molar-refractivity contribution in [1.29, 1.82) is 0 Å². The molecule has 0 unspecified atom stereocenters. The van der Waals surface area contributed by atoms with Gasteiger partial charge in [-0.2, -0.15) is 4.98 Å². The van der Waals surface area contributed by atoms with Crippen molar-refractivity contribution < 1.29 is 0 Å². The smallest absolute Gasteiger partial charge is 0.224 e. The number of aryl methyl sites for hydroxylation is 1. The molecule has 6 heteroatoms. The Morgan fingerprint density at radius 1 is 1.32 bits per heavy atom. The van der Waals surface area contributed by atoms with E-state index in [1.54, 1.807) is 6.20 Å². The van der Waals surface area contributed by atoms with Gasteiger partial charge in [-0.25, -0.2) is 4.98 Å². The van der Waals surface area contributed by atoms with Crippen molar-refractivity contribution in [3.8, 4) is 0 Å². The molecule has 1 aromatic heterocycles. The number of nitrogens with one attached hydrogen (secondary N) is 1. The van der Waals surface area contributed by atoms with E-state index in [-0.39, 0.29) is 13.2 Å². The third-order valence-electron chi connectivity index (χ3n) is 2.60. The standard InChI is InChI=1S/C13H14BrClN3P/c1-8-4-5-11(19(2)3)10(6-8)17-12-9(14)7-16-13(15)18-12/h4-7H,1-3H3,(H,16,17,18). The van der Waals surface area contributed by atoms with E-state index in [1.165, 1.54) is 10.9 Å². The predicted molar refractivity (Wildman–Crippen MR) is 87.6 cm³/mol. The van der Waals surface area contributed by atoms with Crippen LogP contribution in [0, 0.1) is 6.92 Å². The molecule has 1 heterocycles. The van der Waals surface area contributed by atoms with Gasteiger partial charge in [0, 0.05) is 11.9 Å². The first-order valence-electron chi connectivity index (χ1n) is 5.70. The van der Waals surface area contributed by atoms with Gasteiger partial charge in [0.1, 0.15) is 5.82 Å². The lowest BCUT2D eigenvalue weighted by atomic mass is 10.2. The molecule has 2 aromatic rings. The maximum Gasteiger partial charge on any atom is 0.224 e. The Labute approximate surface area is 127 Å². The Hall–Kier alpha value is -0.700. The molecular formula is C13H14BrClN3P. The minimum absolute atomic E-state index is 0.196. The SMILES string of the molecule is Cc1ccc(P(C)C)c(Nc2nc(Cl)ncc2Br)c1. The van der Waals surface area contributed by atoms with Crippen molar-refractivity contribution in [2.24, 2.45) is 0 Å². The Bertz CT molecular complexity index is 604. The summed E-state index contributed by atoms with van der Waals surface area (Å²) in [5.74, 6) is 0.684. The second-order valence-electron chi connectivity index (χ2n) is 4.38. The second kappa shape index (κ2) is 6.17. The molecule has 0 radical (unpaired) electrons. The number of halogens is 2. The number of hydrogen-bond donors (Lipinski definition) is 1. The van der Waals surface area contributed by atoms with Gasteiger partial charge in [0.05, 0.1) is 4.47 Å². The highest BCUT2D eigenvalue weighted by atomic mass is 79.9. The first kappa shape index (κ1) is 14.7. The van der Waals surface area contributed by atoms with Gasteiger partial charge in [-0.3, -0.25) is 0 Å². The lowest BCUT2D eigenvalue weighted by Gasteiger charge is -2.16. The number of nitrogens with zero attached hydrogens (tertiary/aromatic N) is 2. The molecule has 3 nitrogen and oxygen atoms in total. The maximum absolute atomic E-state index is 5.84. The average Bonchev–Trinajstić information content (AvgIpc) is 2.33. The van der Waals surface area contributed by atoms with Gasteiger partial charge >= 0.3 is 0 Å². The van der Waals surface area contributed by atoms with Crippen LogP contribution < -0.4 is 10.6 Å². The van der Waals surface area contributed by atoms with E-state index in [1.807, 2.05) is 0 Å². The quantitative estimate of drug-likeness (QED) is 0.656. The van der Waals surface area contributed by atoms with E-state index in [0.717, 1.165) is 10.2 Å². The Kier molecular flexibility index (Phi) is 4.77. The monoisotopic (exact) mass is 357 g/mol.